The number of aryl methyl sites for hydroxylation is 1. The highest BCUT2D eigenvalue weighted by Crippen LogP contribution is 2.32. The number of carbonyl (C=O) groups is 2. The molecule has 4 rings (SSSR count). The van der Waals surface area contributed by atoms with Gasteiger partial charge < -0.3 is 15.0 Å². The quantitative estimate of drug-likeness (QED) is 0.906. The van der Waals surface area contributed by atoms with Crippen LogP contribution in [-0.4, -0.2) is 23.5 Å². The molecule has 0 aliphatic carbocycles. The number of rotatable bonds is 3. The van der Waals surface area contributed by atoms with Crippen molar-refractivity contribution in [3.63, 3.8) is 0 Å². The molecular weight excluding hydrogens is 344 g/mol. The van der Waals surface area contributed by atoms with E-state index in [4.69, 9.17) is 4.74 Å². The van der Waals surface area contributed by atoms with Crippen molar-refractivity contribution in [2.24, 2.45) is 0 Å². The lowest BCUT2D eigenvalue weighted by Gasteiger charge is -2.21. The Labute approximate surface area is 157 Å². The number of cyclic esters (lactones) is 1. The normalized spacial score (nSPS) is 17.3. The summed E-state index contributed by atoms with van der Waals surface area (Å²) in [6.07, 6.45) is 2.81. The van der Waals surface area contributed by atoms with Crippen LogP contribution in [0.4, 0.5) is 16.2 Å². The van der Waals surface area contributed by atoms with Gasteiger partial charge in [-0.2, -0.15) is 0 Å². The smallest absolute Gasteiger partial charge is 0.411 e. The molecule has 1 saturated heterocycles. The maximum absolute atomic E-state index is 12.2. The van der Waals surface area contributed by atoms with E-state index >= 15 is 0 Å². The van der Waals surface area contributed by atoms with E-state index in [1.165, 1.54) is 18.7 Å². The van der Waals surface area contributed by atoms with Gasteiger partial charge >= 0.3 is 6.09 Å². The van der Waals surface area contributed by atoms with Crippen LogP contribution in [0.15, 0.2) is 48.5 Å². The van der Waals surface area contributed by atoms with Gasteiger partial charge in [0.05, 0.1) is 24.5 Å². The number of nitrogens with one attached hydrogen (secondary N) is 1. The van der Waals surface area contributed by atoms with Crippen LogP contribution in [0.2, 0.25) is 0 Å². The van der Waals surface area contributed by atoms with Crippen LogP contribution in [-0.2, 0) is 22.6 Å². The van der Waals surface area contributed by atoms with E-state index in [0.29, 0.717) is 12.3 Å². The Morgan fingerprint density at radius 1 is 1.26 bits per heavy atom. The minimum Gasteiger partial charge on any atom is -0.411 e. The van der Waals surface area contributed by atoms with Gasteiger partial charge in [-0.25, -0.2) is 4.79 Å². The number of hydrogen-bond acceptors (Lipinski definition) is 5. The lowest BCUT2D eigenvalue weighted by Crippen LogP contribution is -2.24. The maximum atomic E-state index is 12.2. The molecule has 138 valence electrons. The number of amides is 2. The molecule has 2 amide bonds. The zero-order valence-electron chi connectivity index (χ0n) is 15.2. The summed E-state index contributed by atoms with van der Waals surface area (Å²) in [7, 11) is 0. The van der Waals surface area contributed by atoms with Gasteiger partial charge in [0, 0.05) is 31.6 Å². The van der Waals surface area contributed by atoms with E-state index in [1.807, 2.05) is 31.3 Å². The highest BCUT2D eigenvalue weighted by molar-refractivity contribution is 5.92. The van der Waals surface area contributed by atoms with Crippen LogP contribution in [0.5, 0.6) is 0 Å². The molecule has 1 aromatic heterocycles. The molecule has 0 atom stereocenters. The predicted octanol–water partition coefficient (Wildman–Crippen LogP) is 2.84. The molecule has 0 bridgehead atoms. The summed E-state index contributed by atoms with van der Waals surface area (Å²) in [5.41, 5.74) is 5.22. The van der Waals surface area contributed by atoms with E-state index in [9.17, 15) is 9.59 Å². The average molecular weight is 364 g/mol. The van der Waals surface area contributed by atoms with Crippen LogP contribution in [0.3, 0.4) is 0 Å². The second kappa shape index (κ2) is 6.75. The molecular formula is C20H20N4O3. The second-order valence-electron chi connectivity index (χ2n) is 6.70. The van der Waals surface area contributed by atoms with Crippen LogP contribution in [0, 0.1) is 6.92 Å². The number of ether oxygens (including phenoxy) is 1. The van der Waals surface area contributed by atoms with Crippen LogP contribution < -0.4 is 15.1 Å². The second-order valence-corrected chi connectivity index (χ2v) is 6.70. The minimum atomic E-state index is -0.444. The van der Waals surface area contributed by atoms with Gasteiger partial charge in [-0.15, -0.1) is 0 Å². The lowest BCUT2D eigenvalue weighted by atomic mass is 10.1. The molecule has 0 unspecified atom stereocenters. The first-order valence-corrected chi connectivity index (χ1v) is 8.75. The molecule has 2 aliphatic rings. The zero-order chi connectivity index (χ0) is 19.0. The third-order valence-corrected chi connectivity index (χ3v) is 4.71. The largest absolute Gasteiger partial charge is 0.419 e. The van der Waals surface area contributed by atoms with Crippen molar-refractivity contribution < 1.29 is 14.3 Å². The SMILES string of the molecule is CC(=O)N/C=C1/CN(c2ccc(N3Cc4cccnc4C3)cc2C)C(=O)O1. The minimum absolute atomic E-state index is 0.210. The maximum Gasteiger partial charge on any atom is 0.419 e. The van der Waals surface area contributed by atoms with Crippen molar-refractivity contribution in [3.8, 4) is 0 Å². The average Bonchev–Trinajstić information content (AvgIpc) is 3.23. The van der Waals surface area contributed by atoms with Crippen molar-refractivity contribution in [1.29, 1.82) is 0 Å². The molecule has 1 N–H and O–H groups in total. The summed E-state index contributed by atoms with van der Waals surface area (Å²) in [4.78, 5) is 31.5. The van der Waals surface area contributed by atoms with Gasteiger partial charge in [0.1, 0.15) is 5.76 Å². The molecule has 2 aromatic rings. The Balaban J connectivity index is 1.52. The highest BCUT2D eigenvalue weighted by Gasteiger charge is 2.30. The number of fused-ring (bicyclic) bond motifs is 1. The zero-order valence-corrected chi connectivity index (χ0v) is 15.2. The van der Waals surface area contributed by atoms with Gasteiger partial charge in [0.15, 0.2) is 0 Å². The van der Waals surface area contributed by atoms with Gasteiger partial charge in [0.25, 0.3) is 0 Å². The van der Waals surface area contributed by atoms with Crippen molar-refractivity contribution in [1.82, 2.24) is 10.3 Å². The standard InChI is InChI=1S/C20H20N4O3/c1-13-8-16(23-10-15-4-3-7-21-18(15)12-23)5-6-19(13)24-11-17(27-20(24)26)9-22-14(2)25/h3-9H,10-12H2,1-2H3,(H,22,25)/b17-9-. The van der Waals surface area contributed by atoms with E-state index in [-0.39, 0.29) is 5.91 Å². The number of benzene rings is 1. The Bertz CT molecular complexity index is 929. The fourth-order valence-electron chi connectivity index (χ4n) is 3.38. The summed E-state index contributed by atoms with van der Waals surface area (Å²) < 4.78 is 5.22. The van der Waals surface area contributed by atoms with Gasteiger partial charge in [-0.1, -0.05) is 6.07 Å². The fourth-order valence-corrected chi connectivity index (χ4v) is 3.38. The van der Waals surface area contributed by atoms with Crippen molar-refractivity contribution in [3.05, 3.63) is 65.3 Å². The summed E-state index contributed by atoms with van der Waals surface area (Å²) in [6.45, 7) is 5.28. The fraction of sp³-hybridized carbons (Fsp3) is 0.250. The number of pyridine rings is 1. The van der Waals surface area contributed by atoms with Crippen molar-refractivity contribution in [2.45, 2.75) is 26.9 Å². The summed E-state index contributed by atoms with van der Waals surface area (Å²) in [6, 6.07) is 10.1. The number of carbonyl (C=O) groups excluding carboxylic acids is 2. The predicted molar refractivity (Wildman–Crippen MR) is 101 cm³/mol. The molecule has 2 aliphatic heterocycles. The number of hydrogen-bond donors (Lipinski definition) is 1. The Kier molecular flexibility index (Phi) is 4.27. The molecule has 0 saturated carbocycles. The highest BCUT2D eigenvalue weighted by atomic mass is 16.6. The lowest BCUT2D eigenvalue weighted by molar-refractivity contribution is -0.118. The number of anilines is 2. The molecule has 3 heterocycles. The Morgan fingerprint density at radius 2 is 2.11 bits per heavy atom. The van der Waals surface area contributed by atoms with E-state index in [2.05, 4.69) is 27.3 Å². The summed E-state index contributed by atoms with van der Waals surface area (Å²) in [5, 5.41) is 2.53. The van der Waals surface area contributed by atoms with Crippen LogP contribution in [0.1, 0.15) is 23.7 Å². The van der Waals surface area contributed by atoms with E-state index in [1.54, 1.807) is 4.90 Å². The Hall–Kier alpha value is -3.35. The molecule has 0 radical (unpaired) electrons. The van der Waals surface area contributed by atoms with Gasteiger partial charge in [0.2, 0.25) is 5.91 Å². The summed E-state index contributed by atoms with van der Waals surface area (Å²) in [5.74, 6) is 0.207. The van der Waals surface area contributed by atoms with Crippen LogP contribution in [0.25, 0.3) is 0 Å². The van der Waals surface area contributed by atoms with Crippen LogP contribution >= 0.6 is 0 Å². The Morgan fingerprint density at radius 3 is 2.85 bits per heavy atom. The third kappa shape index (κ3) is 3.36. The van der Waals surface area contributed by atoms with Crippen molar-refractivity contribution >= 4 is 23.4 Å². The first kappa shape index (κ1) is 17.1. The molecule has 27 heavy (non-hydrogen) atoms. The van der Waals surface area contributed by atoms with E-state index in [0.717, 1.165) is 35.7 Å². The molecule has 1 aromatic carbocycles. The number of nitrogens with zero attached hydrogens (tertiary/aromatic N) is 3. The molecule has 1 fully saturated rings. The van der Waals surface area contributed by atoms with E-state index < -0.39 is 6.09 Å². The summed E-state index contributed by atoms with van der Waals surface area (Å²) >= 11 is 0. The topological polar surface area (TPSA) is 74.8 Å². The molecule has 7 heteroatoms. The molecule has 7 nitrogen and oxygen atoms in total. The number of aromatic nitrogens is 1. The third-order valence-electron chi connectivity index (χ3n) is 4.71. The monoisotopic (exact) mass is 364 g/mol. The van der Waals surface area contributed by atoms with Crippen molar-refractivity contribution in [2.75, 3.05) is 16.3 Å². The van der Waals surface area contributed by atoms with Gasteiger partial charge in [-0.05, 0) is 42.3 Å². The van der Waals surface area contributed by atoms with Gasteiger partial charge in [-0.3, -0.25) is 14.7 Å². The molecule has 0 spiro atoms. The first-order chi connectivity index (χ1) is 13.0. The first-order valence-electron chi connectivity index (χ1n) is 8.75.